The molecule has 1 nitrogen and oxygen atoms in total. The van der Waals surface area contributed by atoms with Crippen LogP contribution in [0.3, 0.4) is 0 Å². The maximum atomic E-state index is 12.9. The predicted molar refractivity (Wildman–Crippen MR) is 71.1 cm³/mol. The van der Waals surface area contributed by atoms with E-state index in [9.17, 15) is 31.1 Å². The molecule has 2 rings (SSSR count). The van der Waals surface area contributed by atoms with Crippen LogP contribution in [0.1, 0.15) is 32.6 Å². The van der Waals surface area contributed by atoms with Crippen LogP contribution >= 0.6 is 0 Å². The SMILES string of the molecule is O=Cc1cc(Cc2ccccc2C(F)(F)F)cc(C(F)(F)F)c1. The zero-order valence-electron chi connectivity index (χ0n) is 11.5. The molecule has 2 aromatic rings. The fourth-order valence-electron chi connectivity index (χ4n) is 2.22. The van der Waals surface area contributed by atoms with E-state index >= 15 is 0 Å². The van der Waals surface area contributed by atoms with E-state index in [-0.39, 0.29) is 29.4 Å². The minimum absolute atomic E-state index is 0.0152. The molecule has 0 amide bonds. The van der Waals surface area contributed by atoms with Crippen molar-refractivity contribution in [2.75, 3.05) is 0 Å². The second-order valence-electron chi connectivity index (χ2n) is 4.91. The molecule has 0 bridgehead atoms. The van der Waals surface area contributed by atoms with Crippen molar-refractivity contribution in [2.45, 2.75) is 18.8 Å². The second-order valence-corrected chi connectivity index (χ2v) is 4.91. The molecule has 0 aromatic heterocycles. The summed E-state index contributed by atoms with van der Waals surface area (Å²) in [7, 11) is 0. The summed E-state index contributed by atoms with van der Waals surface area (Å²) >= 11 is 0. The molecule has 122 valence electrons. The first-order valence-corrected chi connectivity index (χ1v) is 6.42. The summed E-state index contributed by atoms with van der Waals surface area (Å²) in [5.41, 5.74) is -2.39. The molecule has 0 saturated carbocycles. The van der Waals surface area contributed by atoms with Gasteiger partial charge in [0.2, 0.25) is 0 Å². The highest BCUT2D eigenvalue weighted by molar-refractivity contribution is 5.75. The van der Waals surface area contributed by atoms with E-state index in [0.29, 0.717) is 6.07 Å². The molecule has 2 aromatic carbocycles. The Labute approximate surface area is 127 Å². The average molecular weight is 332 g/mol. The molecule has 0 aliphatic rings. The van der Waals surface area contributed by atoms with Crippen LogP contribution in [-0.2, 0) is 18.8 Å². The van der Waals surface area contributed by atoms with Crippen LogP contribution in [-0.4, -0.2) is 6.29 Å². The Kier molecular flexibility index (Phi) is 4.49. The van der Waals surface area contributed by atoms with Gasteiger partial charge in [-0.25, -0.2) is 0 Å². The first kappa shape index (κ1) is 17.1. The van der Waals surface area contributed by atoms with Crippen molar-refractivity contribution in [3.05, 3.63) is 70.3 Å². The Morgan fingerprint density at radius 2 is 1.52 bits per heavy atom. The topological polar surface area (TPSA) is 17.1 Å². The average Bonchev–Trinajstić information content (AvgIpc) is 2.45. The van der Waals surface area contributed by atoms with Gasteiger partial charge in [-0.2, -0.15) is 26.3 Å². The molecular weight excluding hydrogens is 322 g/mol. The van der Waals surface area contributed by atoms with Crippen molar-refractivity contribution in [1.82, 2.24) is 0 Å². The first-order chi connectivity index (χ1) is 10.6. The fourth-order valence-corrected chi connectivity index (χ4v) is 2.22. The molecule has 0 atom stereocenters. The van der Waals surface area contributed by atoms with E-state index in [2.05, 4.69) is 0 Å². The number of hydrogen-bond donors (Lipinski definition) is 0. The van der Waals surface area contributed by atoms with Crippen molar-refractivity contribution < 1.29 is 31.1 Å². The summed E-state index contributed by atoms with van der Waals surface area (Å²) in [5.74, 6) is 0. The number of alkyl halides is 6. The highest BCUT2D eigenvalue weighted by Gasteiger charge is 2.34. The van der Waals surface area contributed by atoms with Crippen LogP contribution in [0.2, 0.25) is 0 Å². The molecule has 0 fully saturated rings. The molecule has 23 heavy (non-hydrogen) atoms. The smallest absolute Gasteiger partial charge is 0.298 e. The third-order valence-corrected chi connectivity index (χ3v) is 3.20. The van der Waals surface area contributed by atoms with Gasteiger partial charge in [0, 0.05) is 5.56 Å². The predicted octanol–water partition coefficient (Wildman–Crippen LogP) is 5.13. The van der Waals surface area contributed by atoms with Gasteiger partial charge in [-0.15, -0.1) is 0 Å². The third kappa shape index (κ3) is 4.12. The van der Waals surface area contributed by atoms with Crippen molar-refractivity contribution in [3.8, 4) is 0 Å². The maximum Gasteiger partial charge on any atom is 0.416 e. The molecule has 0 N–H and O–H groups in total. The Morgan fingerprint density at radius 3 is 2.09 bits per heavy atom. The van der Waals surface area contributed by atoms with Crippen LogP contribution in [0.25, 0.3) is 0 Å². The van der Waals surface area contributed by atoms with Crippen LogP contribution in [0.5, 0.6) is 0 Å². The fraction of sp³-hybridized carbons (Fsp3) is 0.188. The number of aldehydes is 1. The molecule has 0 radical (unpaired) electrons. The summed E-state index contributed by atoms with van der Waals surface area (Å²) in [6.45, 7) is 0. The van der Waals surface area contributed by atoms with Crippen molar-refractivity contribution in [1.29, 1.82) is 0 Å². The number of halogens is 6. The molecule has 0 heterocycles. The van der Waals surface area contributed by atoms with Gasteiger partial charge >= 0.3 is 12.4 Å². The van der Waals surface area contributed by atoms with E-state index < -0.39 is 23.5 Å². The van der Waals surface area contributed by atoms with Gasteiger partial charge in [0.05, 0.1) is 11.1 Å². The lowest BCUT2D eigenvalue weighted by atomic mass is 9.96. The normalized spacial score (nSPS) is 12.3. The zero-order valence-corrected chi connectivity index (χ0v) is 11.5. The van der Waals surface area contributed by atoms with E-state index in [1.165, 1.54) is 18.2 Å². The Bertz CT molecular complexity index is 715. The largest absolute Gasteiger partial charge is 0.416 e. The summed E-state index contributed by atoms with van der Waals surface area (Å²) in [6.07, 6.45) is -9.42. The van der Waals surface area contributed by atoms with Crippen molar-refractivity contribution in [3.63, 3.8) is 0 Å². The number of benzene rings is 2. The van der Waals surface area contributed by atoms with Crippen LogP contribution in [0.15, 0.2) is 42.5 Å². The zero-order chi connectivity index (χ0) is 17.3. The van der Waals surface area contributed by atoms with Gasteiger partial charge in [0.25, 0.3) is 0 Å². The van der Waals surface area contributed by atoms with Gasteiger partial charge in [0.1, 0.15) is 6.29 Å². The second kappa shape index (κ2) is 6.06. The van der Waals surface area contributed by atoms with Crippen LogP contribution < -0.4 is 0 Å². The molecule has 0 unspecified atom stereocenters. The number of hydrogen-bond acceptors (Lipinski definition) is 1. The molecule has 0 aliphatic carbocycles. The third-order valence-electron chi connectivity index (χ3n) is 3.20. The van der Waals surface area contributed by atoms with Crippen molar-refractivity contribution in [2.24, 2.45) is 0 Å². The first-order valence-electron chi connectivity index (χ1n) is 6.42. The Balaban J connectivity index is 2.47. The lowest BCUT2D eigenvalue weighted by Crippen LogP contribution is -2.10. The molecule has 0 saturated heterocycles. The monoisotopic (exact) mass is 332 g/mol. The van der Waals surface area contributed by atoms with Crippen LogP contribution in [0.4, 0.5) is 26.3 Å². The summed E-state index contributed by atoms with van der Waals surface area (Å²) < 4.78 is 77.2. The van der Waals surface area contributed by atoms with Gasteiger partial charge in [-0.1, -0.05) is 18.2 Å². The molecular formula is C16H10F6O. The van der Waals surface area contributed by atoms with E-state index in [4.69, 9.17) is 0 Å². The van der Waals surface area contributed by atoms with Crippen molar-refractivity contribution >= 4 is 6.29 Å². The van der Waals surface area contributed by atoms with E-state index in [1.807, 2.05) is 0 Å². The van der Waals surface area contributed by atoms with Gasteiger partial charge in [0.15, 0.2) is 0 Å². The molecule has 0 spiro atoms. The van der Waals surface area contributed by atoms with Gasteiger partial charge in [-0.3, -0.25) is 4.79 Å². The lowest BCUT2D eigenvalue weighted by molar-refractivity contribution is -0.139. The maximum absolute atomic E-state index is 12.9. The van der Waals surface area contributed by atoms with E-state index in [0.717, 1.165) is 18.2 Å². The Morgan fingerprint density at radius 1 is 0.870 bits per heavy atom. The quantitative estimate of drug-likeness (QED) is 0.563. The molecule has 0 aliphatic heterocycles. The highest BCUT2D eigenvalue weighted by Crippen LogP contribution is 2.34. The van der Waals surface area contributed by atoms with Gasteiger partial charge < -0.3 is 0 Å². The summed E-state index contributed by atoms with van der Waals surface area (Å²) in [6, 6.07) is 7.20. The number of carbonyl (C=O) groups excluding carboxylic acids is 1. The summed E-state index contributed by atoms with van der Waals surface area (Å²) in [5, 5.41) is 0. The lowest BCUT2D eigenvalue weighted by Gasteiger charge is -2.14. The van der Waals surface area contributed by atoms with Crippen LogP contribution in [0, 0.1) is 0 Å². The number of rotatable bonds is 3. The van der Waals surface area contributed by atoms with E-state index in [1.54, 1.807) is 0 Å². The minimum atomic E-state index is -4.68. The minimum Gasteiger partial charge on any atom is -0.298 e. The standard InChI is InChI=1S/C16H10F6O/c17-15(18,19)13-7-10(5-11(8-13)9-23)6-12-3-1-2-4-14(12)16(20,21)22/h1-5,7-9H,6H2. The molecule has 7 heteroatoms. The number of carbonyl (C=O) groups is 1. The Hall–Kier alpha value is -2.31. The van der Waals surface area contributed by atoms with Gasteiger partial charge in [-0.05, 0) is 41.8 Å². The highest BCUT2D eigenvalue weighted by atomic mass is 19.4. The summed E-state index contributed by atoms with van der Waals surface area (Å²) in [4.78, 5) is 10.8.